The van der Waals surface area contributed by atoms with Crippen molar-refractivity contribution in [2.45, 2.75) is 58.5 Å². The third-order valence-electron chi connectivity index (χ3n) is 5.99. The summed E-state index contributed by atoms with van der Waals surface area (Å²) < 4.78 is 37.3. The SMILES string of the molecule is Cc1cn2nc(-c3nc4sc([C@H]5CCN(C(=O)OC(C)(C)C)CC5(F)F)cc4c(=O)[nH]3)cc(C)c2n1. The molecule has 9 nitrogen and oxygen atoms in total. The van der Waals surface area contributed by atoms with Crippen molar-refractivity contribution < 1.29 is 18.3 Å². The van der Waals surface area contributed by atoms with Crippen molar-refractivity contribution in [3.05, 3.63) is 44.8 Å². The molecule has 1 atom stereocenters. The van der Waals surface area contributed by atoms with Gasteiger partial charge in [0.2, 0.25) is 0 Å². The second-order valence-corrected chi connectivity index (χ2v) is 11.2. The van der Waals surface area contributed by atoms with E-state index in [1.54, 1.807) is 37.5 Å². The van der Waals surface area contributed by atoms with Crippen LogP contribution < -0.4 is 5.56 Å². The number of hydrogen-bond acceptors (Lipinski definition) is 7. The highest BCUT2D eigenvalue weighted by Crippen LogP contribution is 2.44. The Morgan fingerprint density at radius 2 is 2.00 bits per heavy atom. The average Bonchev–Trinajstić information content (AvgIpc) is 3.35. The number of likely N-dealkylation sites (tertiary alicyclic amines) is 1. The van der Waals surface area contributed by atoms with Gasteiger partial charge in [-0.15, -0.1) is 11.3 Å². The molecule has 0 saturated carbocycles. The van der Waals surface area contributed by atoms with Crippen LogP contribution in [0, 0.1) is 13.8 Å². The van der Waals surface area contributed by atoms with Gasteiger partial charge in [0.25, 0.3) is 11.5 Å². The summed E-state index contributed by atoms with van der Waals surface area (Å²) in [5, 5.41) is 4.75. The largest absolute Gasteiger partial charge is 0.444 e. The third kappa shape index (κ3) is 4.45. The zero-order valence-electron chi connectivity index (χ0n) is 20.6. The lowest BCUT2D eigenvalue weighted by atomic mass is 9.91. The van der Waals surface area contributed by atoms with E-state index in [-0.39, 0.29) is 24.2 Å². The normalized spacial score (nSPS) is 18.2. The second-order valence-electron chi connectivity index (χ2n) is 10.1. The molecule has 0 aromatic carbocycles. The number of carbonyl (C=O) groups excluding carboxylic acids is 1. The first-order chi connectivity index (χ1) is 16.8. The van der Waals surface area contributed by atoms with Gasteiger partial charge in [0, 0.05) is 11.4 Å². The highest BCUT2D eigenvalue weighted by molar-refractivity contribution is 7.18. The van der Waals surface area contributed by atoms with Crippen LogP contribution in [0.4, 0.5) is 13.6 Å². The third-order valence-corrected chi connectivity index (χ3v) is 7.13. The molecule has 1 aliphatic rings. The molecule has 1 amide bonds. The summed E-state index contributed by atoms with van der Waals surface area (Å²) in [6.45, 7) is 8.21. The molecule has 0 aliphatic carbocycles. The number of hydrogen-bond donors (Lipinski definition) is 1. The zero-order valence-corrected chi connectivity index (χ0v) is 21.4. The van der Waals surface area contributed by atoms with E-state index in [4.69, 9.17) is 4.74 Å². The Morgan fingerprint density at radius 3 is 2.69 bits per heavy atom. The minimum absolute atomic E-state index is 0.0429. The number of nitrogens with one attached hydrogen (secondary N) is 1. The molecule has 5 rings (SSSR count). The first-order valence-corrected chi connectivity index (χ1v) is 12.4. The molecule has 4 aromatic heterocycles. The molecule has 0 bridgehead atoms. The fraction of sp³-hybridized carbons (Fsp3) is 0.458. The Bertz CT molecular complexity index is 1550. The van der Waals surface area contributed by atoms with Crippen molar-refractivity contribution in [2.24, 2.45) is 0 Å². The molecule has 1 N–H and O–H groups in total. The molecule has 0 radical (unpaired) electrons. The van der Waals surface area contributed by atoms with Gasteiger partial charge in [-0.1, -0.05) is 0 Å². The maximum absolute atomic E-state index is 15.2. The smallest absolute Gasteiger partial charge is 0.410 e. The lowest BCUT2D eigenvalue weighted by molar-refractivity contribution is -0.0840. The predicted octanol–water partition coefficient (Wildman–Crippen LogP) is 4.67. The van der Waals surface area contributed by atoms with Crippen molar-refractivity contribution in [3.63, 3.8) is 0 Å². The van der Waals surface area contributed by atoms with Crippen LogP contribution in [0.3, 0.4) is 0 Å². The molecule has 0 unspecified atom stereocenters. The van der Waals surface area contributed by atoms with Crippen LogP contribution in [0.2, 0.25) is 0 Å². The van der Waals surface area contributed by atoms with Crippen LogP contribution in [0.25, 0.3) is 27.4 Å². The second kappa shape index (κ2) is 8.32. The zero-order chi connectivity index (χ0) is 26.0. The van der Waals surface area contributed by atoms with Gasteiger partial charge in [-0.3, -0.25) is 4.79 Å². The topological polar surface area (TPSA) is 105 Å². The number of ether oxygens (including phenoxy) is 1. The van der Waals surface area contributed by atoms with E-state index in [1.807, 2.05) is 13.8 Å². The predicted molar refractivity (Wildman–Crippen MR) is 132 cm³/mol. The quantitative estimate of drug-likeness (QED) is 0.415. The highest BCUT2D eigenvalue weighted by atomic mass is 32.1. The van der Waals surface area contributed by atoms with Crippen molar-refractivity contribution in [3.8, 4) is 11.5 Å². The lowest BCUT2D eigenvalue weighted by Crippen LogP contribution is -2.50. The monoisotopic (exact) mass is 516 g/mol. The molecule has 1 aliphatic heterocycles. The fourth-order valence-corrected chi connectivity index (χ4v) is 5.61. The minimum Gasteiger partial charge on any atom is -0.444 e. The summed E-state index contributed by atoms with van der Waals surface area (Å²) in [6, 6.07) is 3.26. The number of rotatable bonds is 2. The van der Waals surface area contributed by atoms with Crippen LogP contribution in [-0.4, -0.2) is 60.2 Å². The van der Waals surface area contributed by atoms with E-state index in [9.17, 15) is 9.59 Å². The summed E-state index contributed by atoms with van der Waals surface area (Å²) in [5.41, 5.74) is 1.63. The molecule has 1 saturated heterocycles. The number of aromatic amines is 1. The van der Waals surface area contributed by atoms with Gasteiger partial charge in [0.15, 0.2) is 11.5 Å². The molecule has 4 aromatic rings. The number of H-pyrrole nitrogens is 1. The molecule has 12 heteroatoms. The first-order valence-electron chi connectivity index (χ1n) is 11.5. The Morgan fingerprint density at radius 1 is 1.25 bits per heavy atom. The summed E-state index contributed by atoms with van der Waals surface area (Å²) >= 11 is 1.07. The Balaban J connectivity index is 1.46. The van der Waals surface area contributed by atoms with Gasteiger partial charge in [-0.05, 0) is 58.7 Å². The first kappa shape index (κ1) is 24.3. The Hall–Kier alpha value is -3.41. The van der Waals surface area contributed by atoms with Gasteiger partial charge < -0.3 is 14.6 Å². The number of alkyl halides is 2. The van der Waals surface area contributed by atoms with E-state index < -0.39 is 35.6 Å². The number of nitrogens with zero attached hydrogens (tertiary/aromatic N) is 5. The van der Waals surface area contributed by atoms with Crippen LogP contribution >= 0.6 is 11.3 Å². The maximum atomic E-state index is 15.2. The van der Waals surface area contributed by atoms with E-state index in [0.29, 0.717) is 21.0 Å². The van der Waals surface area contributed by atoms with E-state index in [1.165, 1.54) is 6.07 Å². The lowest BCUT2D eigenvalue weighted by Gasteiger charge is -2.38. The summed E-state index contributed by atoms with van der Waals surface area (Å²) in [5.74, 6) is -4.07. The highest BCUT2D eigenvalue weighted by Gasteiger charge is 2.48. The van der Waals surface area contributed by atoms with Gasteiger partial charge >= 0.3 is 6.09 Å². The molecule has 36 heavy (non-hydrogen) atoms. The van der Waals surface area contributed by atoms with Crippen molar-refractivity contribution in [1.82, 2.24) is 29.5 Å². The number of aryl methyl sites for hydroxylation is 2. The summed E-state index contributed by atoms with van der Waals surface area (Å²) in [6.07, 6.45) is 1.06. The van der Waals surface area contributed by atoms with Crippen molar-refractivity contribution in [1.29, 1.82) is 0 Å². The number of carbonyl (C=O) groups is 1. The minimum atomic E-state index is -3.19. The van der Waals surface area contributed by atoms with Crippen molar-refractivity contribution in [2.75, 3.05) is 13.1 Å². The number of amides is 1. The van der Waals surface area contributed by atoms with Crippen LogP contribution in [0.1, 0.15) is 49.2 Å². The van der Waals surface area contributed by atoms with Crippen molar-refractivity contribution >= 4 is 33.3 Å². The van der Waals surface area contributed by atoms with Gasteiger partial charge in [0.05, 0.1) is 29.7 Å². The number of thiophene rings is 1. The molecular formula is C24H26F2N6O3S. The molecule has 0 spiro atoms. The Labute approximate surface area is 209 Å². The maximum Gasteiger partial charge on any atom is 0.410 e. The van der Waals surface area contributed by atoms with Gasteiger partial charge in [0.1, 0.15) is 16.1 Å². The van der Waals surface area contributed by atoms with Gasteiger partial charge in [-0.25, -0.2) is 28.1 Å². The number of halogens is 2. The number of fused-ring (bicyclic) bond motifs is 2. The number of piperidine rings is 1. The van der Waals surface area contributed by atoms with E-state index in [2.05, 4.69) is 20.1 Å². The van der Waals surface area contributed by atoms with E-state index >= 15 is 8.78 Å². The molecular weight excluding hydrogens is 490 g/mol. The molecule has 5 heterocycles. The van der Waals surface area contributed by atoms with Crippen LogP contribution in [0.5, 0.6) is 0 Å². The van der Waals surface area contributed by atoms with Crippen LogP contribution in [0.15, 0.2) is 23.1 Å². The molecule has 1 fully saturated rings. The molecule has 190 valence electrons. The standard InChI is InChI=1S/C24H26F2N6O3S/c1-12-8-16(30-32-10-13(2)27-19(12)32)18-28-20(33)14-9-17(36-21(14)29-18)15-6-7-31(11-24(15,25)26)22(34)35-23(3,4)5/h8-10,15H,6-7,11H2,1-5H3,(H,28,29,33)/t15-/m1/s1. The van der Waals surface area contributed by atoms with E-state index in [0.717, 1.165) is 27.5 Å². The Kier molecular flexibility index (Phi) is 5.62. The number of imidazole rings is 1. The van der Waals surface area contributed by atoms with Crippen LogP contribution in [-0.2, 0) is 4.74 Å². The summed E-state index contributed by atoms with van der Waals surface area (Å²) in [7, 11) is 0. The number of aromatic nitrogens is 5. The fourth-order valence-electron chi connectivity index (χ4n) is 4.38. The van der Waals surface area contributed by atoms with Gasteiger partial charge in [-0.2, -0.15) is 5.10 Å². The average molecular weight is 517 g/mol. The summed E-state index contributed by atoms with van der Waals surface area (Å²) in [4.78, 5) is 38.6.